The van der Waals surface area contributed by atoms with Crippen molar-refractivity contribution in [1.29, 1.82) is 0 Å². The molecule has 0 saturated heterocycles. The molecule has 0 saturated carbocycles. The predicted octanol–water partition coefficient (Wildman–Crippen LogP) is 0.408. The summed E-state index contributed by atoms with van der Waals surface area (Å²) in [5, 5.41) is 2.72. The fourth-order valence-corrected chi connectivity index (χ4v) is 1.78. The number of Topliss-reactive ketones (excluding diaryl/α,β-unsaturated/α-hetero) is 1. The number of rotatable bonds is 7. The van der Waals surface area contributed by atoms with E-state index in [0.717, 1.165) is 5.75 Å². The maximum atomic E-state index is 11.4. The van der Waals surface area contributed by atoms with Gasteiger partial charge in [0, 0.05) is 12.3 Å². The Morgan fingerprint density at radius 2 is 2.00 bits per heavy atom. The number of nitrogens with one attached hydrogen (secondary N) is 1. The van der Waals surface area contributed by atoms with Crippen LogP contribution in [0.5, 0.6) is 0 Å². The summed E-state index contributed by atoms with van der Waals surface area (Å²) in [5.41, 5.74) is 5.31. The first-order valence-corrected chi connectivity index (χ1v) is 6.22. The minimum absolute atomic E-state index is 0.00201. The van der Waals surface area contributed by atoms with Gasteiger partial charge in [-0.1, -0.05) is 13.8 Å². The maximum absolute atomic E-state index is 11.4. The van der Waals surface area contributed by atoms with E-state index < -0.39 is 0 Å². The Morgan fingerprint density at radius 1 is 1.40 bits per heavy atom. The molecule has 0 radical (unpaired) electrons. The molecule has 0 fully saturated rings. The number of amides is 1. The van der Waals surface area contributed by atoms with E-state index in [1.165, 1.54) is 18.7 Å². The Bertz CT molecular complexity index is 219. The fraction of sp³-hybridized carbons (Fsp3) is 0.800. The van der Waals surface area contributed by atoms with Crippen molar-refractivity contribution in [2.24, 2.45) is 11.7 Å². The topological polar surface area (TPSA) is 72.2 Å². The summed E-state index contributed by atoms with van der Waals surface area (Å²) in [7, 11) is 0. The van der Waals surface area contributed by atoms with Crippen molar-refractivity contribution in [3.8, 4) is 0 Å². The van der Waals surface area contributed by atoms with Crippen LogP contribution in [0.4, 0.5) is 0 Å². The van der Waals surface area contributed by atoms with E-state index in [4.69, 9.17) is 5.73 Å². The molecule has 3 N–H and O–H groups in total. The summed E-state index contributed by atoms with van der Waals surface area (Å²) in [6.07, 6.45) is 0. The zero-order valence-corrected chi connectivity index (χ0v) is 10.4. The van der Waals surface area contributed by atoms with Gasteiger partial charge in [-0.3, -0.25) is 9.59 Å². The molecule has 4 nitrogen and oxygen atoms in total. The molecule has 1 atom stereocenters. The molecule has 88 valence electrons. The van der Waals surface area contributed by atoms with Gasteiger partial charge in [0.25, 0.3) is 0 Å². The van der Waals surface area contributed by atoms with Crippen LogP contribution in [0.15, 0.2) is 0 Å². The molecule has 0 aromatic heterocycles. The van der Waals surface area contributed by atoms with Gasteiger partial charge in [-0.15, -0.1) is 0 Å². The highest BCUT2D eigenvalue weighted by molar-refractivity contribution is 7.99. The Hall–Kier alpha value is -0.550. The highest BCUT2D eigenvalue weighted by Crippen LogP contribution is 2.04. The molecule has 0 aliphatic rings. The second-order valence-electron chi connectivity index (χ2n) is 3.74. The lowest BCUT2D eigenvalue weighted by Gasteiger charge is -2.19. The predicted molar refractivity (Wildman–Crippen MR) is 63.8 cm³/mol. The first-order valence-electron chi connectivity index (χ1n) is 5.06. The quantitative estimate of drug-likeness (QED) is 0.624. The van der Waals surface area contributed by atoms with Gasteiger partial charge >= 0.3 is 0 Å². The first-order chi connectivity index (χ1) is 6.99. The lowest BCUT2D eigenvalue weighted by atomic mass is 10.0. The van der Waals surface area contributed by atoms with E-state index in [9.17, 15) is 9.59 Å². The van der Waals surface area contributed by atoms with Crippen molar-refractivity contribution >= 4 is 23.5 Å². The first kappa shape index (κ1) is 14.5. The van der Waals surface area contributed by atoms with Crippen LogP contribution < -0.4 is 11.1 Å². The molecule has 1 amide bonds. The number of ketones is 1. The third-order valence-corrected chi connectivity index (χ3v) is 2.91. The molecule has 0 heterocycles. The van der Waals surface area contributed by atoms with E-state index in [1.807, 2.05) is 13.8 Å². The van der Waals surface area contributed by atoms with Crippen molar-refractivity contribution in [1.82, 2.24) is 5.32 Å². The zero-order valence-electron chi connectivity index (χ0n) is 9.58. The number of hydrogen-bond acceptors (Lipinski definition) is 4. The molecule has 1 unspecified atom stereocenters. The van der Waals surface area contributed by atoms with Crippen LogP contribution in [0.3, 0.4) is 0 Å². The highest BCUT2D eigenvalue weighted by atomic mass is 32.2. The molecule has 0 spiro atoms. The number of hydrogen-bond donors (Lipinski definition) is 2. The molecular weight excluding hydrogens is 212 g/mol. The minimum Gasteiger partial charge on any atom is -0.345 e. The van der Waals surface area contributed by atoms with Gasteiger partial charge in [-0.05, 0) is 12.8 Å². The number of nitrogens with two attached hydrogens (primary N) is 1. The molecule has 15 heavy (non-hydrogen) atoms. The third kappa shape index (κ3) is 6.52. The molecule has 0 aromatic carbocycles. The average molecular weight is 232 g/mol. The van der Waals surface area contributed by atoms with Crippen LogP contribution in [0, 0.1) is 5.92 Å². The van der Waals surface area contributed by atoms with E-state index >= 15 is 0 Å². The summed E-state index contributed by atoms with van der Waals surface area (Å²) < 4.78 is 0. The standard InChI is InChI=1S/C10H20N2O2S/c1-7(2)10(8(3)13)12-9(14)6-15-5-4-11/h7,10H,4-6,11H2,1-3H3,(H,12,14). The molecule has 5 heteroatoms. The van der Waals surface area contributed by atoms with E-state index in [1.54, 1.807) is 0 Å². The third-order valence-electron chi connectivity index (χ3n) is 1.92. The summed E-state index contributed by atoms with van der Waals surface area (Å²) in [6.45, 7) is 5.90. The Labute approximate surface area is 95.4 Å². The van der Waals surface area contributed by atoms with Crippen LogP contribution in [-0.2, 0) is 9.59 Å². The SMILES string of the molecule is CC(=O)C(NC(=O)CSCCN)C(C)C. The average Bonchev–Trinajstić information content (AvgIpc) is 2.13. The van der Waals surface area contributed by atoms with Crippen LogP contribution in [0.25, 0.3) is 0 Å². The Balaban J connectivity index is 3.95. The van der Waals surface area contributed by atoms with Gasteiger partial charge in [-0.25, -0.2) is 0 Å². The maximum Gasteiger partial charge on any atom is 0.230 e. The minimum atomic E-state index is -0.365. The molecule has 0 aliphatic carbocycles. The highest BCUT2D eigenvalue weighted by Gasteiger charge is 2.19. The molecular formula is C10H20N2O2S. The summed E-state index contributed by atoms with van der Waals surface area (Å²) in [6, 6.07) is -0.365. The van der Waals surface area contributed by atoms with Crippen LogP contribution in [-0.4, -0.2) is 35.8 Å². The molecule has 0 aliphatic heterocycles. The van der Waals surface area contributed by atoms with Gasteiger partial charge in [0.1, 0.15) is 0 Å². The van der Waals surface area contributed by atoms with Gasteiger partial charge in [0.2, 0.25) is 5.91 Å². The smallest absolute Gasteiger partial charge is 0.230 e. The van der Waals surface area contributed by atoms with Gasteiger partial charge in [0.05, 0.1) is 11.8 Å². The Morgan fingerprint density at radius 3 is 2.40 bits per heavy atom. The number of carbonyl (C=O) groups excluding carboxylic acids is 2. The van der Waals surface area contributed by atoms with Crippen molar-refractivity contribution in [3.63, 3.8) is 0 Å². The van der Waals surface area contributed by atoms with E-state index in [0.29, 0.717) is 12.3 Å². The second-order valence-corrected chi connectivity index (χ2v) is 4.85. The Kier molecular flexibility index (Phi) is 7.42. The summed E-state index contributed by atoms with van der Waals surface area (Å²) in [4.78, 5) is 22.6. The van der Waals surface area contributed by atoms with Gasteiger partial charge < -0.3 is 11.1 Å². The van der Waals surface area contributed by atoms with Crippen molar-refractivity contribution in [3.05, 3.63) is 0 Å². The lowest BCUT2D eigenvalue weighted by molar-refractivity contribution is -0.126. The van der Waals surface area contributed by atoms with E-state index in [-0.39, 0.29) is 23.7 Å². The normalized spacial score (nSPS) is 12.6. The molecule has 0 bridgehead atoms. The van der Waals surface area contributed by atoms with Crippen LogP contribution >= 0.6 is 11.8 Å². The van der Waals surface area contributed by atoms with Crippen molar-refractivity contribution < 1.29 is 9.59 Å². The van der Waals surface area contributed by atoms with Crippen molar-refractivity contribution in [2.75, 3.05) is 18.1 Å². The lowest BCUT2D eigenvalue weighted by Crippen LogP contribution is -2.44. The summed E-state index contributed by atoms with van der Waals surface area (Å²) >= 11 is 1.48. The monoisotopic (exact) mass is 232 g/mol. The number of carbonyl (C=O) groups is 2. The van der Waals surface area contributed by atoms with Gasteiger partial charge in [-0.2, -0.15) is 11.8 Å². The zero-order chi connectivity index (χ0) is 11.8. The number of thioether (sulfide) groups is 1. The van der Waals surface area contributed by atoms with Crippen molar-refractivity contribution in [2.45, 2.75) is 26.8 Å². The van der Waals surface area contributed by atoms with Gasteiger partial charge in [0.15, 0.2) is 5.78 Å². The fourth-order valence-electron chi connectivity index (χ4n) is 1.20. The largest absolute Gasteiger partial charge is 0.345 e. The summed E-state index contributed by atoms with van der Waals surface area (Å²) in [5.74, 6) is 1.17. The van der Waals surface area contributed by atoms with Crippen LogP contribution in [0.1, 0.15) is 20.8 Å². The van der Waals surface area contributed by atoms with E-state index in [2.05, 4.69) is 5.32 Å². The molecule has 0 rings (SSSR count). The molecule has 0 aromatic rings. The second kappa shape index (κ2) is 7.70. The van der Waals surface area contributed by atoms with Crippen LogP contribution in [0.2, 0.25) is 0 Å².